The molecule has 0 aliphatic heterocycles. The molecule has 0 unspecified atom stereocenters. The molecule has 2 heteroatoms. The zero-order valence-corrected chi connectivity index (χ0v) is 26.3. The summed E-state index contributed by atoms with van der Waals surface area (Å²) >= 11 is 0. The van der Waals surface area contributed by atoms with Crippen molar-refractivity contribution in [2.24, 2.45) is 0 Å². The van der Waals surface area contributed by atoms with Gasteiger partial charge in [0, 0.05) is 0 Å². The summed E-state index contributed by atoms with van der Waals surface area (Å²) in [7, 11) is 3.60. The fourth-order valence-corrected chi connectivity index (χ4v) is 7.04. The molecule has 1 aliphatic carbocycles. The number of unbranched alkanes of at least 4 members (excludes halogenated alkanes) is 2. The number of ether oxygens (including phenoxy) is 2. The Hall–Kier alpha value is -3.52. The summed E-state index contributed by atoms with van der Waals surface area (Å²) in [5.74, 6) is 1.86. The Morgan fingerprint density at radius 1 is 0.537 bits per heavy atom. The summed E-state index contributed by atoms with van der Waals surface area (Å²) in [5.41, 5.74) is 15.5. The second kappa shape index (κ2) is 11.8. The van der Waals surface area contributed by atoms with Gasteiger partial charge in [-0.3, -0.25) is 0 Å². The lowest BCUT2D eigenvalue weighted by atomic mass is 9.64. The summed E-state index contributed by atoms with van der Waals surface area (Å²) in [6, 6.07) is 23.2. The molecule has 0 radical (unpaired) electrons. The Morgan fingerprint density at radius 2 is 0.951 bits per heavy atom. The number of methoxy groups -OCH3 is 2. The van der Waals surface area contributed by atoms with Crippen molar-refractivity contribution in [1.82, 2.24) is 0 Å². The second-order valence-electron chi connectivity index (χ2n) is 12.0. The zero-order chi connectivity index (χ0) is 29.3. The van der Waals surface area contributed by atoms with Gasteiger partial charge in [-0.2, -0.15) is 0 Å². The van der Waals surface area contributed by atoms with Crippen molar-refractivity contribution in [3.05, 3.63) is 116 Å². The van der Waals surface area contributed by atoms with E-state index in [1.165, 1.54) is 66.8 Å². The molecule has 0 heterocycles. The highest BCUT2D eigenvalue weighted by Crippen LogP contribution is 2.59. The number of benzene rings is 4. The van der Waals surface area contributed by atoms with Crippen LogP contribution in [-0.2, 0) is 18.3 Å². The van der Waals surface area contributed by atoms with Crippen LogP contribution in [0.3, 0.4) is 0 Å². The molecule has 0 atom stereocenters. The number of hydrogen-bond donors (Lipinski definition) is 0. The molecule has 0 amide bonds. The van der Waals surface area contributed by atoms with Gasteiger partial charge in [0.2, 0.25) is 0 Å². The Morgan fingerprint density at radius 3 is 1.32 bits per heavy atom. The highest BCUT2D eigenvalue weighted by atomic mass is 16.5. The summed E-state index contributed by atoms with van der Waals surface area (Å²) in [6.07, 6.45) is 6.73. The molecule has 0 aromatic heterocycles. The summed E-state index contributed by atoms with van der Waals surface area (Å²) in [5, 5.41) is 0. The molecule has 0 N–H and O–H groups in total. The van der Waals surface area contributed by atoms with E-state index in [0.29, 0.717) is 0 Å². The molecule has 0 fully saturated rings. The molecule has 214 valence electrons. The first kappa shape index (κ1) is 29.0. The van der Waals surface area contributed by atoms with Crippen LogP contribution in [0, 0.1) is 27.7 Å². The Labute approximate surface area is 247 Å². The van der Waals surface area contributed by atoms with Crippen molar-refractivity contribution in [2.45, 2.75) is 85.5 Å². The maximum Gasteiger partial charge on any atom is 0.119 e. The SMILES string of the molecule is CCCCc1cc(OC)cc(C2(c3cc(OC)cc(CCCC)c3C)c3cc(C)ccc3-c3ccc(C)cc32)c1C. The highest BCUT2D eigenvalue weighted by molar-refractivity contribution is 5.88. The van der Waals surface area contributed by atoms with Crippen LogP contribution in [0.25, 0.3) is 11.1 Å². The molecule has 5 rings (SSSR count). The van der Waals surface area contributed by atoms with Crippen molar-refractivity contribution in [1.29, 1.82) is 0 Å². The normalized spacial score (nSPS) is 13.2. The number of fused-ring (bicyclic) bond motifs is 3. The molecule has 4 aromatic carbocycles. The van der Waals surface area contributed by atoms with Crippen molar-refractivity contribution in [3.8, 4) is 22.6 Å². The maximum atomic E-state index is 6.02. The molecular weight excluding hydrogens is 500 g/mol. The molecule has 41 heavy (non-hydrogen) atoms. The summed E-state index contributed by atoms with van der Waals surface area (Å²) in [4.78, 5) is 0. The summed E-state index contributed by atoms with van der Waals surface area (Å²) in [6.45, 7) is 13.6. The van der Waals surface area contributed by atoms with Crippen molar-refractivity contribution in [3.63, 3.8) is 0 Å². The Kier molecular flexibility index (Phi) is 8.32. The zero-order valence-electron chi connectivity index (χ0n) is 26.3. The van der Waals surface area contributed by atoms with Crippen LogP contribution < -0.4 is 9.47 Å². The quantitative estimate of drug-likeness (QED) is 0.173. The fourth-order valence-electron chi connectivity index (χ4n) is 7.04. The van der Waals surface area contributed by atoms with Crippen molar-refractivity contribution in [2.75, 3.05) is 14.2 Å². The molecule has 0 saturated carbocycles. The molecule has 1 aliphatic rings. The van der Waals surface area contributed by atoms with Gasteiger partial charge in [0.25, 0.3) is 0 Å². The molecular formula is C39H46O2. The van der Waals surface area contributed by atoms with Gasteiger partial charge in [0.15, 0.2) is 0 Å². The topological polar surface area (TPSA) is 18.5 Å². The minimum Gasteiger partial charge on any atom is -0.497 e. The molecule has 2 nitrogen and oxygen atoms in total. The average molecular weight is 547 g/mol. The minimum absolute atomic E-state index is 0.498. The van der Waals surface area contributed by atoms with Crippen LogP contribution >= 0.6 is 0 Å². The lowest BCUT2D eigenvalue weighted by Gasteiger charge is -2.38. The van der Waals surface area contributed by atoms with E-state index < -0.39 is 5.41 Å². The predicted molar refractivity (Wildman–Crippen MR) is 173 cm³/mol. The van der Waals surface area contributed by atoms with Gasteiger partial charge in [-0.1, -0.05) is 74.2 Å². The lowest BCUT2D eigenvalue weighted by molar-refractivity contribution is 0.411. The van der Waals surface area contributed by atoms with Gasteiger partial charge in [0.1, 0.15) is 11.5 Å². The predicted octanol–water partition coefficient (Wildman–Crippen LogP) is 9.99. The lowest BCUT2D eigenvalue weighted by Crippen LogP contribution is -2.31. The minimum atomic E-state index is -0.498. The van der Waals surface area contributed by atoms with Crippen LogP contribution in [0.2, 0.25) is 0 Å². The standard InChI is InChI=1S/C39H46O2/c1-9-11-13-29-21-31(40-7)23-35(27(29)5)39(36-24-32(41-8)22-30(28(36)6)14-12-10-2)37-19-25(3)15-17-33(37)34-18-16-26(4)20-38(34)39/h15-24H,9-14H2,1-8H3. The van der Waals surface area contributed by atoms with E-state index in [0.717, 1.165) is 50.0 Å². The first-order chi connectivity index (χ1) is 19.8. The first-order valence-corrected chi connectivity index (χ1v) is 15.4. The van der Waals surface area contributed by atoms with Gasteiger partial charge >= 0.3 is 0 Å². The van der Waals surface area contributed by atoms with Crippen molar-refractivity contribution < 1.29 is 9.47 Å². The highest BCUT2D eigenvalue weighted by Gasteiger charge is 2.48. The Balaban J connectivity index is 2.01. The number of aryl methyl sites for hydroxylation is 4. The molecule has 0 spiro atoms. The largest absolute Gasteiger partial charge is 0.497 e. The monoisotopic (exact) mass is 546 g/mol. The van der Waals surface area contributed by atoms with Crippen LogP contribution in [0.5, 0.6) is 11.5 Å². The first-order valence-electron chi connectivity index (χ1n) is 15.4. The second-order valence-corrected chi connectivity index (χ2v) is 12.0. The summed E-state index contributed by atoms with van der Waals surface area (Å²) < 4.78 is 12.0. The van der Waals surface area contributed by atoms with Gasteiger partial charge in [-0.05, 0) is 133 Å². The van der Waals surface area contributed by atoms with Gasteiger partial charge in [-0.15, -0.1) is 0 Å². The number of rotatable bonds is 10. The Bertz CT molecular complexity index is 1460. The third kappa shape index (κ3) is 4.86. The smallest absolute Gasteiger partial charge is 0.119 e. The van der Waals surface area contributed by atoms with Gasteiger partial charge in [-0.25, -0.2) is 0 Å². The van der Waals surface area contributed by atoms with E-state index in [1.807, 2.05) is 0 Å². The molecule has 0 saturated heterocycles. The van der Waals surface area contributed by atoms with Crippen LogP contribution in [0.1, 0.15) is 95.2 Å². The van der Waals surface area contributed by atoms with E-state index >= 15 is 0 Å². The third-order valence-electron chi connectivity index (χ3n) is 9.30. The van der Waals surface area contributed by atoms with E-state index in [-0.39, 0.29) is 0 Å². The third-order valence-corrected chi connectivity index (χ3v) is 9.30. The van der Waals surface area contributed by atoms with E-state index in [9.17, 15) is 0 Å². The number of hydrogen-bond acceptors (Lipinski definition) is 2. The van der Waals surface area contributed by atoms with Gasteiger partial charge in [0.05, 0.1) is 19.6 Å². The van der Waals surface area contributed by atoms with E-state index in [2.05, 4.69) is 102 Å². The molecule has 0 bridgehead atoms. The maximum absolute atomic E-state index is 6.02. The van der Waals surface area contributed by atoms with Gasteiger partial charge < -0.3 is 9.47 Å². The fraction of sp³-hybridized carbons (Fsp3) is 0.385. The van der Waals surface area contributed by atoms with E-state index in [4.69, 9.17) is 9.47 Å². The molecule has 4 aromatic rings. The van der Waals surface area contributed by atoms with Crippen LogP contribution in [-0.4, -0.2) is 14.2 Å². The van der Waals surface area contributed by atoms with Crippen molar-refractivity contribution >= 4 is 0 Å². The van der Waals surface area contributed by atoms with Crippen LogP contribution in [0.15, 0.2) is 60.7 Å². The average Bonchev–Trinajstić information content (AvgIpc) is 3.25. The van der Waals surface area contributed by atoms with Crippen LogP contribution in [0.4, 0.5) is 0 Å². The van der Waals surface area contributed by atoms with E-state index in [1.54, 1.807) is 14.2 Å².